The molecule has 1 aromatic carbocycles. The number of pyridine rings is 1. The highest BCUT2D eigenvalue weighted by molar-refractivity contribution is 6.26. The van der Waals surface area contributed by atoms with Crippen molar-refractivity contribution in [1.29, 1.82) is 0 Å². The van der Waals surface area contributed by atoms with Crippen LogP contribution in [-0.4, -0.2) is 24.2 Å². The van der Waals surface area contributed by atoms with Gasteiger partial charge in [-0.1, -0.05) is 6.07 Å². The number of amides is 1. The second-order valence-corrected chi connectivity index (χ2v) is 4.16. The van der Waals surface area contributed by atoms with Crippen LogP contribution < -0.4 is 15.6 Å². The van der Waals surface area contributed by atoms with Crippen LogP contribution in [0, 0.1) is 0 Å². The highest BCUT2D eigenvalue weighted by Gasteiger charge is 1.97. The number of methoxy groups -OCH3 is 1. The Hall–Kier alpha value is -2.73. The summed E-state index contributed by atoms with van der Waals surface area (Å²) in [5, 5.41) is 0. The Morgan fingerprint density at radius 1 is 1.33 bits per heavy atom. The molecule has 0 atom stereocenters. The van der Waals surface area contributed by atoms with E-state index in [1.807, 2.05) is 24.3 Å². The van der Waals surface area contributed by atoms with Crippen molar-refractivity contribution in [2.45, 2.75) is 6.54 Å². The Bertz CT molecular complexity index is 614. The smallest absolute Gasteiger partial charge is 0.276 e. The first kappa shape index (κ1) is 14.7. The standard InChI is InChI=1S/C15H16N4O2/c1-21-14-4-2-3-13(9-14)17-11-15(20)19-18-10-12-5-7-16-8-6-12/h2-9,11,18H,10H2,1H3,(H,19,20). The number of carbonyl (C=O) groups is 1. The molecule has 0 bridgehead atoms. The third-order valence-corrected chi connectivity index (χ3v) is 2.64. The van der Waals surface area contributed by atoms with Crippen molar-refractivity contribution in [1.82, 2.24) is 15.8 Å². The number of ether oxygens (including phenoxy) is 1. The van der Waals surface area contributed by atoms with E-state index in [0.717, 1.165) is 5.56 Å². The largest absolute Gasteiger partial charge is 0.497 e. The van der Waals surface area contributed by atoms with Gasteiger partial charge < -0.3 is 4.74 Å². The predicted octanol–water partition coefficient (Wildman–Crippen LogP) is 1.61. The lowest BCUT2D eigenvalue weighted by atomic mass is 10.3. The number of carbonyl (C=O) groups excluding carboxylic acids is 1. The van der Waals surface area contributed by atoms with Crippen molar-refractivity contribution in [3.8, 4) is 5.75 Å². The summed E-state index contributed by atoms with van der Waals surface area (Å²) < 4.78 is 5.08. The summed E-state index contributed by atoms with van der Waals surface area (Å²) >= 11 is 0. The topological polar surface area (TPSA) is 75.6 Å². The molecule has 0 saturated heterocycles. The quantitative estimate of drug-likeness (QED) is 0.624. The molecule has 1 heterocycles. The van der Waals surface area contributed by atoms with E-state index < -0.39 is 0 Å². The highest BCUT2D eigenvalue weighted by atomic mass is 16.5. The van der Waals surface area contributed by atoms with Crippen LogP contribution in [0.4, 0.5) is 5.69 Å². The Morgan fingerprint density at radius 3 is 2.90 bits per heavy atom. The van der Waals surface area contributed by atoms with Crippen molar-refractivity contribution in [2.24, 2.45) is 4.99 Å². The van der Waals surface area contributed by atoms with Crippen LogP contribution in [0.25, 0.3) is 0 Å². The van der Waals surface area contributed by atoms with Crippen LogP contribution >= 0.6 is 0 Å². The van der Waals surface area contributed by atoms with E-state index in [4.69, 9.17) is 4.74 Å². The van der Waals surface area contributed by atoms with Gasteiger partial charge in [-0.2, -0.15) is 0 Å². The molecule has 2 rings (SSSR count). The van der Waals surface area contributed by atoms with Gasteiger partial charge in [0.15, 0.2) is 0 Å². The Kier molecular flexibility index (Phi) is 5.42. The molecule has 0 unspecified atom stereocenters. The number of aromatic nitrogens is 1. The molecule has 0 aliphatic carbocycles. The number of hydrogen-bond acceptors (Lipinski definition) is 5. The minimum absolute atomic E-state index is 0.327. The number of benzene rings is 1. The van der Waals surface area contributed by atoms with Crippen LogP contribution in [0.3, 0.4) is 0 Å². The lowest BCUT2D eigenvalue weighted by molar-refractivity contribution is -0.115. The van der Waals surface area contributed by atoms with Gasteiger partial charge >= 0.3 is 0 Å². The molecule has 0 saturated carbocycles. The van der Waals surface area contributed by atoms with Crippen molar-refractivity contribution >= 4 is 17.8 Å². The third-order valence-electron chi connectivity index (χ3n) is 2.64. The molecule has 6 heteroatoms. The molecule has 0 aliphatic heterocycles. The number of nitrogens with zero attached hydrogens (tertiary/aromatic N) is 2. The second-order valence-electron chi connectivity index (χ2n) is 4.16. The molecule has 1 aromatic heterocycles. The zero-order valence-electron chi connectivity index (χ0n) is 11.6. The van der Waals surface area contributed by atoms with Crippen LogP contribution in [0.5, 0.6) is 5.75 Å². The molecule has 2 aromatic rings. The molecular formula is C15H16N4O2. The van der Waals surface area contributed by atoms with E-state index in [0.29, 0.717) is 18.0 Å². The maximum atomic E-state index is 11.6. The van der Waals surface area contributed by atoms with E-state index in [2.05, 4.69) is 20.8 Å². The van der Waals surface area contributed by atoms with E-state index in [1.54, 1.807) is 31.6 Å². The van der Waals surface area contributed by atoms with Gasteiger partial charge in [-0.25, -0.2) is 5.43 Å². The maximum Gasteiger partial charge on any atom is 0.276 e. The number of rotatable bonds is 6. The van der Waals surface area contributed by atoms with Gasteiger partial charge in [0, 0.05) is 25.0 Å². The van der Waals surface area contributed by atoms with Gasteiger partial charge in [0.1, 0.15) is 5.75 Å². The molecule has 21 heavy (non-hydrogen) atoms. The molecule has 108 valence electrons. The van der Waals surface area contributed by atoms with Crippen molar-refractivity contribution in [3.63, 3.8) is 0 Å². The summed E-state index contributed by atoms with van der Waals surface area (Å²) in [6.07, 6.45) is 4.61. The average Bonchev–Trinajstić information content (AvgIpc) is 2.54. The van der Waals surface area contributed by atoms with E-state index in [-0.39, 0.29) is 5.91 Å². The summed E-state index contributed by atoms with van der Waals surface area (Å²) in [5.74, 6) is 0.368. The number of nitrogens with one attached hydrogen (secondary N) is 2. The van der Waals surface area contributed by atoms with Crippen LogP contribution in [-0.2, 0) is 11.3 Å². The van der Waals surface area contributed by atoms with E-state index in [9.17, 15) is 4.79 Å². The first-order valence-corrected chi connectivity index (χ1v) is 6.38. The van der Waals surface area contributed by atoms with Gasteiger partial charge in [-0.3, -0.25) is 20.2 Å². The van der Waals surface area contributed by atoms with E-state index >= 15 is 0 Å². The first-order chi connectivity index (χ1) is 10.3. The van der Waals surface area contributed by atoms with Crippen LogP contribution in [0.15, 0.2) is 53.8 Å². The SMILES string of the molecule is COc1cccc(N=CC(=O)NNCc2ccncc2)c1. The summed E-state index contributed by atoms with van der Waals surface area (Å²) in [7, 11) is 1.58. The summed E-state index contributed by atoms with van der Waals surface area (Å²) in [4.78, 5) is 19.6. The van der Waals surface area contributed by atoms with Gasteiger partial charge in [0.25, 0.3) is 5.91 Å². The Labute approximate surface area is 122 Å². The molecule has 0 spiro atoms. The molecule has 6 nitrogen and oxygen atoms in total. The lowest BCUT2D eigenvalue weighted by Gasteiger charge is -2.04. The normalized spacial score (nSPS) is 10.5. The maximum absolute atomic E-state index is 11.6. The van der Waals surface area contributed by atoms with Crippen LogP contribution in [0.1, 0.15) is 5.56 Å². The minimum Gasteiger partial charge on any atom is -0.497 e. The van der Waals surface area contributed by atoms with Gasteiger partial charge in [0.2, 0.25) is 0 Å². The van der Waals surface area contributed by atoms with E-state index in [1.165, 1.54) is 6.21 Å². The second kappa shape index (κ2) is 7.76. The number of hydrazine groups is 1. The average molecular weight is 284 g/mol. The molecule has 0 radical (unpaired) electrons. The minimum atomic E-state index is -0.327. The van der Waals surface area contributed by atoms with Gasteiger partial charge in [-0.15, -0.1) is 0 Å². The van der Waals surface area contributed by atoms with Crippen molar-refractivity contribution in [3.05, 3.63) is 54.4 Å². The van der Waals surface area contributed by atoms with Crippen molar-refractivity contribution < 1.29 is 9.53 Å². The van der Waals surface area contributed by atoms with Gasteiger partial charge in [-0.05, 0) is 29.8 Å². The zero-order valence-corrected chi connectivity index (χ0v) is 11.6. The predicted molar refractivity (Wildman–Crippen MR) is 80.4 cm³/mol. The van der Waals surface area contributed by atoms with Crippen LogP contribution in [0.2, 0.25) is 0 Å². The fourth-order valence-electron chi connectivity index (χ4n) is 1.59. The number of aliphatic imine (C=N–C) groups is 1. The molecule has 2 N–H and O–H groups in total. The first-order valence-electron chi connectivity index (χ1n) is 6.38. The molecule has 0 fully saturated rings. The Balaban J connectivity index is 1.79. The molecular weight excluding hydrogens is 268 g/mol. The summed E-state index contributed by atoms with van der Waals surface area (Å²) in [6, 6.07) is 10.9. The molecule has 1 amide bonds. The monoisotopic (exact) mass is 284 g/mol. The zero-order chi connectivity index (χ0) is 14.9. The van der Waals surface area contributed by atoms with Crippen molar-refractivity contribution in [2.75, 3.05) is 7.11 Å². The number of hydrogen-bond donors (Lipinski definition) is 2. The molecule has 0 aliphatic rings. The summed E-state index contributed by atoms with van der Waals surface area (Å²) in [5.41, 5.74) is 7.03. The summed E-state index contributed by atoms with van der Waals surface area (Å²) in [6.45, 7) is 0.515. The fraction of sp³-hybridized carbons (Fsp3) is 0.133. The third kappa shape index (κ3) is 5.04. The lowest BCUT2D eigenvalue weighted by Crippen LogP contribution is -2.37. The highest BCUT2D eigenvalue weighted by Crippen LogP contribution is 2.18. The fourth-order valence-corrected chi connectivity index (χ4v) is 1.59. The van der Waals surface area contributed by atoms with Gasteiger partial charge in [0.05, 0.1) is 19.0 Å². The Morgan fingerprint density at radius 2 is 2.14 bits per heavy atom.